The van der Waals surface area contributed by atoms with Crippen LogP contribution < -0.4 is 4.74 Å². The third kappa shape index (κ3) is 1.43. The third-order valence-electron chi connectivity index (χ3n) is 2.13. The normalized spacial score (nSPS) is 10.4. The van der Waals surface area contributed by atoms with Crippen molar-refractivity contribution in [3.8, 4) is 5.75 Å². The third-order valence-corrected chi connectivity index (χ3v) is 2.13. The molecule has 2 aromatic carbocycles. The predicted octanol–water partition coefficient (Wildman–Crippen LogP) is 3.38. The zero-order valence-corrected chi connectivity index (χ0v) is 7.96. The molecular formula is C12H11FO. The molecule has 0 amide bonds. The molecule has 0 saturated carbocycles. The van der Waals surface area contributed by atoms with Gasteiger partial charge in [0.15, 0.2) is 11.6 Å². The molecule has 0 aliphatic carbocycles. The van der Waals surface area contributed by atoms with Crippen LogP contribution in [0.2, 0.25) is 0 Å². The Labute approximate surface area is 82.1 Å². The maximum atomic E-state index is 13.7. The molecule has 0 unspecified atom stereocenters. The van der Waals surface area contributed by atoms with Crippen molar-refractivity contribution in [1.82, 2.24) is 0 Å². The monoisotopic (exact) mass is 190 g/mol. The van der Waals surface area contributed by atoms with Gasteiger partial charge in [-0.05, 0) is 18.4 Å². The zero-order chi connectivity index (χ0) is 9.97. The van der Waals surface area contributed by atoms with Crippen molar-refractivity contribution in [2.75, 3.05) is 6.61 Å². The minimum atomic E-state index is -0.273. The highest BCUT2D eigenvalue weighted by molar-refractivity contribution is 5.84. The molecule has 2 rings (SSSR count). The zero-order valence-electron chi connectivity index (χ0n) is 7.96. The van der Waals surface area contributed by atoms with Crippen LogP contribution >= 0.6 is 0 Å². The Morgan fingerprint density at radius 3 is 2.71 bits per heavy atom. The average molecular weight is 190 g/mol. The minimum absolute atomic E-state index is 0.273. The highest BCUT2D eigenvalue weighted by Crippen LogP contribution is 2.25. The van der Waals surface area contributed by atoms with E-state index in [1.165, 1.54) is 0 Å². The molecule has 0 spiro atoms. The molecule has 2 aromatic rings. The molecule has 0 aromatic heterocycles. The fraction of sp³-hybridized carbons (Fsp3) is 0.167. The lowest BCUT2D eigenvalue weighted by molar-refractivity contribution is 0.323. The minimum Gasteiger partial charge on any atom is -0.491 e. The lowest BCUT2D eigenvalue weighted by Gasteiger charge is -2.06. The number of ether oxygens (including phenoxy) is 1. The van der Waals surface area contributed by atoms with Crippen molar-refractivity contribution in [1.29, 1.82) is 0 Å². The van der Waals surface area contributed by atoms with Crippen LogP contribution in [0.25, 0.3) is 10.8 Å². The van der Waals surface area contributed by atoms with E-state index < -0.39 is 0 Å². The quantitative estimate of drug-likeness (QED) is 0.705. The highest BCUT2D eigenvalue weighted by atomic mass is 19.1. The second kappa shape index (κ2) is 3.66. The first-order chi connectivity index (χ1) is 6.83. The Morgan fingerprint density at radius 1 is 1.14 bits per heavy atom. The van der Waals surface area contributed by atoms with Crippen molar-refractivity contribution < 1.29 is 9.13 Å². The summed E-state index contributed by atoms with van der Waals surface area (Å²) in [5.41, 5.74) is 0. The van der Waals surface area contributed by atoms with E-state index >= 15 is 0 Å². The molecule has 0 saturated heterocycles. The van der Waals surface area contributed by atoms with Gasteiger partial charge in [0.1, 0.15) is 0 Å². The van der Waals surface area contributed by atoms with E-state index in [0.29, 0.717) is 17.7 Å². The molecule has 14 heavy (non-hydrogen) atoms. The van der Waals surface area contributed by atoms with Gasteiger partial charge in [0.05, 0.1) is 6.61 Å². The largest absolute Gasteiger partial charge is 0.491 e. The number of hydrogen-bond donors (Lipinski definition) is 0. The highest BCUT2D eigenvalue weighted by Gasteiger charge is 2.06. The lowest BCUT2D eigenvalue weighted by Crippen LogP contribution is -1.94. The Kier molecular flexibility index (Phi) is 2.35. The molecule has 0 aliphatic heterocycles. The molecule has 0 bridgehead atoms. The summed E-state index contributed by atoms with van der Waals surface area (Å²) in [6.45, 7) is 2.32. The molecule has 0 fully saturated rings. The van der Waals surface area contributed by atoms with Crippen LogP contribution in [-0.4, -0.2) is 6.61 Å². The van der Waals surface area contributed by atoms with E-state index in [2.05, 4.69) is 0 Å². The van der Waals surface area contributed by atoms with E-state index in [4.69, 9.17) is 4.74 Å². The fourth-order valence-electron chi connectivity index (χ4n) is 1.48. The van der Waals surface area contributed by atoms with Gasteiger partial charge in [0.2, 0.25) is 0 Å². The van der Waals surface area contributed by atoms with E-state index in [1.54, 1.807) is 12.1 Å². The molecule has 0 heterocycles. The summed E-state index contributed by atoms with van der Waals surface area (Å²) < 4.78 is 18.9. The predicted molar refractivity (Wildman–Crippen MR) is 55.1 cm³/mol. The van der Waals surface area contributed by atoms with Gasteiger partial charge in [-0.2, -0.15) is 0 Å². The SMILES string of the molecule is CCOc1ccc2ccccc2c1F. The van der Waals surface area contributed by atoms with Crippen LogP contribution in [0.1, 0.15) is 6.92 Å². The maximum absolute atomic E-state index is 13.7. The smallest absolute Gasteiger partial charge is 0.172 e. The van der Waals surface area contributed by atoms with E-state index in [1.807, 2.05) is 31.2 Å². The molecule has 72 valence electrons. The Bertz CT molecular complexity index is 451. The summed E-state index contributed by atoms with van der Waals surface area (Å²) in [6, 6.07) is 10.9. The molecule has 0 N–H and O–H groups in total. The standard InChI is InChI=1S/C12H11FO/c1-2-14-11-8-7-9-5-3-4-6-10(9)12(11)13/h3-8H,2H2,1H3. The number of rotatable bonds is 2. The van der Waals surface area contributed by atoms with Crippen LogP contribution in [0.4, 0.5) is 4.39 Å². The second-order valence-electron chi connectivity index (χ2n) is 3.03. The van der Waals surface area contributed by atoms with Crippen molar-refractivity contribution in [2.24, 2.45) is 0 Å². The summed E-state index contributed by atoms with van der Waals surface area (Å²) in [5.74, 6) is 0.0520. The Balaban J connectivity index is 2.63. The lowest BCUT2D eigenvalue weighted by atomic mass is 10.1. The van der Waals surface area contributed by atoms with Gasteiger partial charge in [0.25, 0.3) is 0 Å². The average Bonchev–Trinajstić information content (AvgIpc) is 2.23. The van der Waals surface area contributed by atoms with Gasteiger partial charge in [0, 0.05) is 5.39 Å². The van der Waals surface area contributed by atoms with Crippen LogP contribution in [-0.2, 0) is 0 Å². The Morgan fingerprint density at radius 2 is 1.93 bits per heavy atom. The van der Waals surface area contributed by atoms with E-state index in [9.17, 15) is 4.39 Å². The molecule has 0 atom stereocenters. The molecule has 0 radical (unpaired) electrons. The van der Waals surface area contributed by atoms with E-state index in [0.717, 1.165) is 5.39 Å². The first kappa shape index (κ1) is 9.00. The van der Waals surface area contributed by atoms with E-state index in [-0.39, 0.29) is 5.82 Å². The number of fused-ring (bicyclic) bond motifs is 1. The first-order valence-corrected chi connectivity index (χ1v) is 4.63. The van der Waals surface area contributed by atoms with Crippen LogP contribution in [0.15, 0.2) is 36.4 Å². The van der Waals surface area contributed by atoms with Gasteiger partial charge >= 0.3 is 0 Å². The van der Waals surface area contributed by atoms with Crippen molar-refractivity contribution in [3.05, 3.63) is 42.2 Å². The van der Waals surface area contributed by atoms with Gasteiger partial charge in [-0.3, -0.25) is 0 Å². The molecular weight excluding hydrogens is 179 g/mol. The summed E-state index contributed by atoms with van der Waals surface area (Å²) in [5, 5.41) is 1.51. The topological polar surface area (TPSA) is 9.23 Å². The maximum Gasteiger partial charge on any atom is 0.172 e. The van der Waals surface area contributed by atoms with Crippen LogP contribution in [0.3, 0.4) is 0 Å². The fourth-order valence-corrected chi connectivity index (χ4v) is 1.48. The van der Waals surface area contributed by atoms with Crippen molar-refractivity contribution in [2.45, 2.75) is 6.92 Å². The Hall–Kier alpha value is -1.57. The van der Waals surface area contributed by atoms with Crippen molar-refractivity contribution in [3.63, 3.8) is 0 Å². The summed E-state index contributed by atoms with van der Waals surface area (Å²) in [6.07, 6.45) is 0. The number of halogens is 1. The second-order valence-corrected chi connectivity index (χ2v) is 3.03. The summed E-state index contributed by atoms with van der Waals surface area (Å²) in [7, 11) is 0. The van der Waals surface area contributed by atoms with Gasteiger partial charge in [-0.1, -0.05) is 30.3 Å². The molecule has 2 heteroatoms. The summed E-state index contributed by atoms with van der Waals surface area (Å²) in [4.78, 5) is 0. The molecule has 1 nitrogen and oxygen atoms in total. The van der Waals surface area contributed by atoms with Crippen molar-refractivity contribution >= 4 is 10.8 Å². The van der Waals surface area contributed by atoms with Crippen LogP contribution in [0, 0.1) is 5.82 Å². The van der Waals surface area contributed by atoms with Crippen LogP contribution in [0.5, 0.6) is 5.75 Å². The van der Waals surface area contributed by atoms with Gasteiger partial charge in [-0.25, -0.2) is 4.39 Å². The van der Waals surface area contributed by atoms with Gasteiger partial charge in [-0.15, -0.1) is 0 Å². The van der Waals surface area contributed by atoms with Gasteiger partial charge < -0.3 is 4.74 Å². The summed E-state index contributed by atoms with van der Waals surface area (Å²) >= 11 is 0. The molecule has 0 aliphatic rings. The number of hydrogen-bond acceptors (Lipinski definition) is 1. The first-order valence-electron chi connectivity index (χ1n) is 4.63. The number of benzene rings is 2.